The Morgan fingerprint density at radius 3 is 2.54 bits per heavy atom. The smallest absolute Gasteiger partial charge is 0.225 e. The van der Waals surface area contributed by atoms with Gasteiger partial charge in [-0.15, -0.1) is 11.8 Å². The molecular formula is C21H25N3OS. The summed E-state index contributed by atoms with van der Waals surface area (Å²) in [5, 5.41) is 13.0. The van der Waals surface area contributed by atoms with Gasteiger partial charge in [-0.25, -0.2) is 4.98 Å². The molecule has 0 fully saturated rings. The number of nitrogens with one attached hydrogen (secondary N) is 1. The first-order valence-corrected chi connectivity index (χ1v) is 9.78. The second-order valence-electron chi connectivity index (χ2n) is 6.78. The van der Waals surface area contributed by atoms with Gasteiger partial charge < -0.3 is 5.32 Å². The van der Waals surface area contributed by atoms with E-state index >= 15 is 0 Å². The lowest BCUT2D eigenvalue weighted by atomic mass is 10.1. The van der Waals surface area contributed by atoms with Gasteiger partial charge in [-0.05, 0) is 49.4 Å². The topological polar surface area (TPSA) is 65.8 Å². The number of nitrogens with zero attached hydrogens (tertiary/aromatic N) is 2. The number of nitriles is 1. The van der Waals surface area contributed by atoms with Gasteiger partial charge in [0.15, 0.2) is 0 Å². The highest BCUT2D eigenvalue weighted by Gasteiger charge is 2.11. The summed E-state index contributed by atoms with van der Waals surface area (Å²) in [4.78, 5) is 16.9. The summed E-state index contributed by atoms with van der Waals surface area (Å²) >= 11 is 1.47. The number of anilines is 1. The van der Waals surface area contributed by atoms with Gasteiger partial charge in [-0.1, -0.05) is 32.0 Å². The van der Waals surface area contributed by atoms with Crippen LogP contribution in [0.3, 0.4) is 0 Å². The lowest BCUT2D eigenvalue weighted by molar-refractivity contribution is -0.115. The van der Waals surface area contributed by atoms with Crippen LogP contribution in [0, 0.1) is 31.1 Å². The molecule has 0 atom stereocenters. The van der Waals surface area contributed by atoms with Crippen molar-refractivity contribution in [3.05, 3.63) is 52.7 Å². The standard InChI is InChI=1S/C21H25N3OS/c1-14(2)12-18-9-8-17(13-22)21(23-18)26-11-10-19(25)24-20-15(3)6-5-7-16(20)4/h5-9,14H,10-12H2,1-4H3,(H,24,25). The van der Waals surface area contributed by atoms with Crippen LogP contribution in [0.5, 0.6) is 0 Å². The number of aryl methyl sites for hydroxylation is 2. The average molecular weight is 368 g/mol. The molecule has 0 radical (unpaired) electrons. The Hall–Kier alpha value is -2.32. The van der Waals surface area contributed by atoms with E-state index in [1.807, 2.05) is 44.2 Å². The minimum absolute atomic E-state index is 0.0215. The highest BCUT2D eigenvalue weighted by molar-refractivity contribution is 7.99. The van der Waals surface area contributed by atoms with Crippen molar-refractivity contribution < 1.29 is 4.79 Å². The van der Waals surface area contributed by atoms with Crippen molar-refractivity contribution in [2.45, 2.75) is 45.6 Å². The van der Waals surface area contributed by atoms with Crippen LogP contribution in [0.2, 0.25) is 0 Å². The van der Waals surface area contributed by atoms with Gasteiger partial charge in [-0.3, -0.25) is 4.79 Å². The molecule has 26 heavy (non-hydrogen) atoms. The fourth-order valence-electron chi connectivity index (χ4n) is 2.66. The fraction of sp³-hybridized carbons (Fsp3) is 0.381. The van der Waals surface area contributed by atoms with E-state index in [0.717, 1.165) is 28.9 Å². The zero-order valence-electron chi connectivity index (χ0n) is 15.8. The molecule has 0 saturated carbocycles. The fourth-order valence-corrected chi connectivity index (χ4v) is 3.59. The van der Waals surface area contributed by atoms with Crippen LogP contribution in [-0.2, 0) is 11.2 Å². The molecule has 5 heteroatoms. The number of rotatable bonds is 7. The minimum Gasteiger partial charge on any atom is -0.326 e. The van der Waals surface area contributed by atoms with Crippen LogP contribution in [0.15, 0.2) is 35.4 Å². The number of pyridine rings is 1. The van der Waals surface area contributed by atoms with E-state index in [0.29, 0.717) is 28.7 Å². The number of aromatic nitrogens is 1. The highest BCUT2D eigenvalue weighted by Crippen LogP contribution is 2.23. The summed E-state index contributed by atoms with van der Waals surface area (Å²) < 4.78 is 0. The first-order valence-electron chi connectivity index (χ1n) is 8.79. The van der Waals surface area contributed by atoms with Crippen LogP contribution in [-0.4, -0.2) is 16.6 Å². The first-order chi connectivity index (χ1) is 12.4. The van der Waals surface area contributed by atoms with E-state index < -0.39 is 0 Å². The molecule has 0 saturated heterocycles. The van der Waals surface area contributed by atoms with Gasteiger partial charge in [0.25, 0.3) is 0 Å². The third-order valence-electron chi connectivity index (χ3n) is 3.97. The molecule has 0 aliphatic rings. The van der Waals surface area contributed by atoms with Gasteiger partial charge in [0.1, 0.15) is 11.1 Å². The van der Waals surface area contributed by atoms with Gasteiger partial charge >= 0.3 is 0 Å². The predicted octanol–water partition coefficient (Wildman–Crippen LogP) is 4.89. The molecule has 136 valence electrons. The van der Waals surface area contributed by atoms with Crippen molar-refractivity contribution in [3.63, 3.8) is 0 Å². The Labute approximate surface area is 160 Å². The van der Waals surface area contributed by atoms with E-state index in [1.54, 1.807) is 0 Å². The third-order valence-corrected chi connectivity index (χ3v) is 4.96. The van der Waals surface area contributed by atoms with Gasteiger partial charge in [0, 0.05) is 23.6 Å². The Morgan fingerprint density at radius 1 is 1.23 bits per heavy atom. The molecule has 1 aromatic carbocycles. The SMILES string of the molecule is Cc1cccc(C)c1NC(=O)CCSc1nc(CC(C)C)ccc1C#N. The number of thioether (sulfide) groups is 1. The number of benzene rings is 1. The van der Waals surface area contributed by atoms with Crippen LogP contribution in [0.4, 0.5) is 5.69 Å². The highest BCUT2D eigenvalue weighted by atomic mass is 32.2. The van der Waals surface area contributed by atoms with Crippen molar-refractivity contribution in [1.82, 2.24) is 4.98 Å². The van der Waals surface area contributed by atoms with Crippen LogP contribution < -0.4 is 5.32 Å². The van der Waals surface area contributed by atoms with E-state index in [-0.39, 0.29) is 5.91 Å². The number of carbonyl (C=O) groups excluding carboxylic acids is 1. The van der Waals surface area contributed by atoms with E-state index in [1.165, 1.54) is 11.8 Å². The predicted molar refractivity (Wildman–Crippen MR) is 107 cm³/mol. The van der Waals surface area contributed by atoms with Crippen molar-refractivity contribution in [3.8, 4) is 6.07 Å². The second-order valence-corrected chi connectivity index (χ2v) is 7.86. The normalized spacial score (nSPS) is 10.6. The molecule has 2 aromatic rings. The van der Waals surface area contributed by atoms with Crippen LogP contribution >= 0.6 is 11.8 Å². The lowest BCUT2D eigenvalue weighted by Crippen LogP contribution is -2.14. The summed E-state index contributed by atoms with van der Waals surface area (Å²) in [5.74, 6) is 1.08. The Balaban J connectivity index is 1.96. The van der Waals surface area contributed by atoms with Crippen molar-refractivity contribution in [2.75, 3.05) is 11.1 Å². The largest absolute Gasteiger partial charge is 0.326 e. The molecule has 1 amide bonds. The molecule has 0 unspecified atom stereocenters. The summed E-state index contributed by atoms with van der Waals surface area (Å²) in [6.45, 7) is 8.26. The number of hydrogen-bond donors (Lipinski definition) is 1. The lowest BCUT2D eigenvalue weighted by Gasteiger charge is -2.11. The average Bonchev–Trinajstić information content (AvgIpc) is 2.58. The number of hydrogen-bond acceptors (Lipinski definition) is 4. The maximum atomic E-state index is 12.3. The monoisotopic (exact) mass is 367 g/mol. The molecule has 0 bridgehead atoms. The Bertz CT molecular complexity index is 804. The molecule has 0 aliphatic carbocycles. The summed E-state index contributed by atoms with van der Waals surface area (Å²) in [6.07, 6.45) is 1.26. The van der Waals surface area contributed by atoms with E-state index in [4.69, 9.17) is 0 Å². The second kappa shape index (κ2) is 9.40. The number of carbonyl (C=O) groups is 1. The molecule has 0 spiro atoms. The van der Waals surface area contributed by atoms with Crippen molar-refractivity contribution in [1.29, 1.82) is 5.26 Å². The molecule has 1 N–H and O–H groups in total. The Kier molecular flexibility index (Phi) is 7.23. The number of amides is 1. The maximum absolute atomic E-state index is 12.3. The Morgan fingerprint density at radius 2 is 1.92 bits per heavy atom. The van der Waals surface area contributed by atoms with Crippen LogP contribution in [0.1, 0.15) is 42.7 Å². The summed E-state index contributed by atoms with van der Waals surface area (Å²) in [7, 11) is 0. The molecule has 0 aliphatic heterocycles. The molecular weight excluding hydrogens is 342 g/mol. The zero-order chi connectivity index (χ0) is 19.1. The summed E-state index contributed by atoms with van der Waals surface area (Å²) in [5.41, 5.74) is 4.55. The quantitative estimate of drug-likeness (QED) is 0.708. The van der Waals surface area contributed by atoms with Crippen molar-refractivity contribution >= 4 is 23.4 Å². The van der Waals surface area contributed by atoms with Gasteiger partial charge in [0.2, 0.25) is 5.91 Å². The third kappa shape index (κ3) is 5.60. The van der Waals surface area contributed by atoms with E-state index in [2.05, 4.69) is 30.2 Å². The van der Waals surface area contributed by atoms with Gasteiger partial charge in [-0.2, -0.15) is 5.26 Å². The minimum atomic E-state index is -0.0215. The molecule has 1 aromatic heterocycles. The van der Waals surface area contributed by atoms with Crippen molar-refractivity contribution in [2.24, 2.45) is 5.92 Å². The number of para-hydroxylation sites is 1. The zero-order valence-corrected chi connectivity index (χ0v) is 16.6. The van der Waals surface area contributed by atoms with E-state index in [9.17, 15) is 10.1 Å². The first kappa shape index (κ1) is 20.0. The van der Waals surface area contributed by atoms with Gasteiger partial charge in [0.05, 0.1) is 5.56 Å². The summed E-state index contributed by atoms with van der Waals surface area (Å²) in [6, 6.07) is 11.9. The maximum Gasteiger partial charge on any atom is 0.225 e. The molecule has 4 nitrogen and oxygen atoms in total. The molecule has 2 rings (SSSR count). The van der Waals surface area contributed by atoms with Crippen LogP contribution in [0.25, 0.3) is 0 Å². The molecule has 1 heterocycles.